The summed E-state index contributed by atoms with van der Waals surface area (Å²) in [7, 11) is 3.09. The van der Waals surface area contributed by atoms with Crippen LogP contribution in [0.4, 0.5) is 5.69 Å². The van der Waals surface area contributed by atoms with Crippen LogP contribution >= 0.6 is 0 Å². The molecule has 0 saturated heterocycles. The Labute approximate surface area is 181 Å². The summed E-state index contributed by atoms with van der Waals surface area (Å²) in [6.45, 7) is 1.94. The number of nitrogens with one attached hydrogen (secondary N) is 2. The highest BCUT2D eigenvalue weighted by atomic mass is 16.5. The van der Waals surface area contributed by atoms with Crippen molar-refractivity contribution in [3.8, 4) is 11.5 Å². The van der Waals surface area contributed by atoms with E-state index in [-0.39, 0.29) is 11.6 Å². The number of carbonyl (C=O) groups is 2. The summed E-state index contributed by atoms with van der Waals surface area (Å²) in [5.41, 5.74) is 2.86. The fourth-order valence-electron chi connectivity index (χ4n) is 2.97. The lowest BCUT2D eigenvalue weighted by Crippen LogP contribution is -2.30. The zero-order valence-corrected chi connectivity index (χ0v) is 17.6. The van der Waals surface area contributed by atoms with Crippen molar-refractivity contribution in [2.75, 3.05) is 19.5 Å². The Morgan fingerprint density at radius 2 is 1.58 bits per heavy atom. The molecule has 0 radical (unpaired) electrons. The van der Waals surface area contributed by atoms with Gasteiger partial charge in [0.1, 0.15) is 5.70 Å². The molecule has 158 valence electrons. The molecule has 0 atom stereocenters. The van der Waals surface area contributed by atoms with E-state index in [1.165, 1.54) is 7.11 Å². The third-order valence-corrected chi connectivity index (χ3v) is 4.52. The van der Waals surface area contributed by atoms with Crippen LogP contribution in [0.25, 0.3) is 6.08 Å². The van der Waals surface area contributed by atoms with E-state index in [4.69, 9.17) is 9.47 Å². The van der Waals surface area contributed by atoms with Gasteiger partial charge >= 0.3 is 0 Å². The zero-order chi connectivity index (χ0) is 22.2. The number of rotatable bonds is 7. The summed E-state index contributed by atoms with van der Waals surface area (Å²) in [5.74, 6) is 0.263. The monoisotopic (exact) mass is 416 g/mol. The third-order valence-electron chi connectivity index (χ3n) is 4.52. The molecule has 3 rings (SSSR count). The van der Waals surface area contributed by atoms with E-state index in [0.29, 0.717) is 28.3 Å². The second-order valence-corrected chi connectivity index (χ2v) is 6.82. The van der Waals surface area contributed by atoms with Crippen LogP contribution in [0.2, 0.25) is 0 Å². The van der Waals surface area contributed by atoms with Crippen LogP contribution in [-0.2, 0) is 4.79 Å². The Bertz CT molecular complexity index is 1110. The van der Waals surface area contributed by atoms with Crippen LogP contribution < -0.4 is 20.1 Å². The van der Waals surface area contributed by atoms with E-state index in [1.54, 1.807) is 61.7 Å². The normalized spacial score (nSPS) is 10.9. The highest BCUT2D eigenvalue weighted by molar-refractivity contribution is 6.10. The summed E-state index contributed by atoms with van der Waals surface area (Å²) in [4.78, 5) is 25.7. The molecule has 31 heavy (non-hydrogen) atoms. The number of amides is 2. The summed E-state index contributed by atoms with van der Waals surface area (Å²) in [6, 6.07) is 21.4. The molecular formula is C25H24N2O4. The summed E-state index contributed by atoms with van der Waals surface area (Å²) in [5, 5.41) is 5.55. The van der Waals surface area contributed by atoms with Gasteiger partial charge in [0.05, 0.1) is 14.2 Å². The number of ether oxygens (including phenoxy) is 2. The Hall–Kier alpha value is -4.06. The average molecular weight is 416 g/mol. The molecule has 6 nitrogen and oxygen atoms in total. The molecule has 3 aromatic rings. The van der Waals surface area contributed by atoms with Crippen molar-refractivity contribution < 1.29 is 19.1 Å². The topological polar surface area (TPSA) is 76.7 Å². The van der Waals surface area contributed by atoms with Gasteiger partial charge in [0.25, 0.3) is 11.8 Å². The van der Waals surface area contributed by atoms with Crippen LogP contribution in [0, 0.1) is 6.92 Å². The first kappa shape index (κ1) is 21.6. The predicted octanol–water partition coefficient (Wildman–Crippen LogP) is 4.42. The quantitative estimate of drug-likeness (QED) is 0.559. The predicted molar refractivity (Wildman–Crippen MR) is 121 cm³/mol. The number of anilines is 1. The van der Waals surface area contributed by atoms with Gasteiger partial charge in [-0.1, -0.05) is 36.4 Å². The maximum absolute atomic E-state index is 13.0. The first-order chi connectivity index (χ1) is 15.0. The summed E-state index contributed by atoms with van der Waals surface area (Å²) in [6.07, 6.45) is 1.59. The molecule has 0 saturated carbocycles. The van der Waals surface area contributed by atoms with Crippen molar-refractivity contribution in [1.29, 1.82) is 0 Å². The van der Waals surface area contributed by atoms with Crippen molar-refractivity contribution in [3.05, 3.63) is 95.2 Å². The van der Waals surface area contributed by atoms with E-state index in [1.807, 2.05) is 31.2 Å². The molecule has 2 N–H and O–H groups in total. The van der Waals surface area contributed by atoms with E-state index in [2.05, 4.69) is 10.6 Å². The molecule has 0 unspecified atom stereocenters. The third kappa shape index (κ3) is 5.73. The molecule has 0 aromatic heterocycles. The Balaban J connectivity index is 1.94. The fraction of sp³-hybridized carbons (Fsp3) is 0.120. The van der Waals surface area contributed by atoms with Gasteiger partial charge in [0.2, 0.25) is 0 Å². The SMILES string of the molecule is COc1ccc(/C=C(\NC(=O)c2ccccc2)C(=O)Nc2cccc(C)c2)cc1OC. The van der Waals surface area contributed by atoms with Gasteiger partial charge in [-0.25, -0.2) is 0 Å². The number of hydrogen-bond donors (Lipinski definition) is 2. The molecule has 2 amide bonds. The maximum atomic E-state index is 13.0. The number of methoxy groups -OCH3 is 2. The molecule has 0 aliphatic rings. The number of hydrogen-bond acceptors (Lipinski definition) is 4. The van der Waals surface area contributed by atoms with Crippen molar-refractivity contribution in [2.45, 2.75) is 6.92 Å². The van der Waals surface area contributed by atoms with Crippen molar-refractivity contribution in [1.82, 2.24) is 5.32 Å². The maximum Gasteiger partial charge on any atom is 0.272 e. The van der Waals surface area contributed by atoms with Gasteiger partial charge in [-0.2, -0.15) is 0 Å². The second-order valence-electron chi connectivity index (χ2n) is 6.82. The highest BCUT2D eigenvalue weighted by Crippen LogP contribution is 2.28. The number of aryl methyl sites for hydroxylation is 1. The van der Waals surface area contributed by atoms with Crippen molar-refractivity contribution >= 4 is 23.6 Å². The minimum Gasteiger partial charge on any atom is -0.493 e. The molecule has 3 aromatic carbocycles. The van der Waals surface area contributed by atoms with E-state index in [0.717, 1.165) is 5.56 Å². The average Bonchev–Trinajstić information content (AvgIpc) is 2.79. The molecular weight excluding hydrogens is 392 g/mol. The van der Waals surface area contributed by atoms with E-state index >= 15 is 0 Å². The van der Waals surface area contributed by atoms with E-state index < -0.39 is 5.91 Å². The lowest BCUT2D eigenvalue weighted by molar-refractivity contribution is -0.113. The number of carbonyl (C=O) groups excluding carboxylic acids is 2. The molecule has 0 fully saturated rings. The van der Waals surface area contributed by atoms with Gasteiger partial charge in [-0.05, 0) is 60.5 Å². The standard InChI is InChI=1S/C25H24N2O4/c1-17-8-7-11-20(14-17)26-25(29)21(27-24(28)19-9-5-4-6-10-19)15-18-12-13-22(30-2)23(16-18)31-3/h4-16H,1-3H3,(H,26,29)(H,27,28)/b21-15-. The second kappa shape index (κ2) is 10.1. The van der Waals surface area contributed by atoms with Gasteiger partial charge in [-0.3, -0.25) is 9.59 Å². The molecule has 0 aliphatic heterocycles. The van der Waals surface area contributed by atoms with E-state index in [9.17, 15) is 9.59 Å². The highest BCUT2D eigenvalue weighted by Gasteiger charge is 2.16. The van der Waals surface area contributed by atoms with Crippen molar-refractivity contribution in [3.63, 3.8) is 0 Å². The van der Waals surface area contributed by atoms with Gasteiger partial charge in [0.15, 0.2) is 11.5 Å². The smallest absolute Gasteiger partial charge is 0.272 e. The Kier molecular flexibility index (Phi) is 7.06. The Morgan fingerprint density at radius 1 is 0.839 bits per heavy atom. The fourth-order valence-corrected chi connectivity index (χ4v) is 2.97. The molecule has 6 heteroatoms. The largest absolute Gasteiger partial charge is 0.493 e. The van der Waals surface area contributed by atoms with Crippen LogP contribution in [0.1, 0.15) is 21.5 Å². The summed E-state index contributed by atoms with van der Waals surface area (Å²) >= 11 is 0. The Morgan fingerprint density at radius 3 is 2.26 bits per heavy atom. The van der Waals surface area contributed by atoms with Crippen molar-refractivity contribution in [2.24, 2.45) is 0 Å². The lowest BCUT2D eigenvalue weighted by atomic mass is 10.1. The summed E-state index contributed by atoms with van der Waals surface area (Å²) < 4.78 is 10.6. The lowest BCUT2D eigenvalue weighted by Gasteiger charge is -2.13. The first-order valence-electron chi connectivity index (χ1n) is 9.68. The first-order valence-corrected chi connectivity index (χ1v) is 9.68. The zero-order valence-electron chi connectivity index (χ0n) is 17.6. The van der Waals surface area contributed by atoms with Gasteiger partial charge in [-0.15, -0.1) is 0 Å². The molecule has 0 spiro atoms. The molecule has 0 bridgehead atoms. The minimum absolute atomic E-state index is 0.0996. The minimum atomic E-state index is -0.440. The van der Waals surface area contributed by atoms with Gasteiger partial charge < -0.3 is 20.1 Å². The van der Waals surface area contributed by atoms with Crippen LogP contribution in [0.5, 0.6) is 11.5 Å². The molecule has 0 aliphatic carbocycles. The van der Waals surface area contributed by atoms with Crippen LogP contribution in [-0.4, -0.2) is 26.0 Å². The van der Waals surface area contributed by atoms with Crippen LogP contribution in [0.15, 0.2) is 78.5 Å². The van der Waals surface area contributed by atoms with Gasteiger partial charge in [0, 0.05) is 11.3 Å². The number of benzene rings is 3. The molecule has 0 heterocycles. The van der Waals surface area contributed by atoms with Crippen LogP contribution in [0.3, 0.4) is 0 Å².